The number of fused-ring (bicyclic) bond motifs is 1. The van der Waals surface area contributed by atoms with E-state index in [1.54, 1.807) is 11.3 Å². The van der Waals surface area contributed by atoms with E-state index >= 15 is 0 Å². The van der Waals surface area contributed by atoms with Crippen LogP contribution in [0.4, 0.5) is 11.4 Å². The van der Waals surface area contributed by atoms with E-state index in [0.29, 0.717) is 5.55 Å². The van der Waals surface area contributed by atoms with Crippen molar-refractivity contribution in [3.63, 3.8) is 0 Å². The quantitative estimate of drug-likeness (QED) is 0.248. The van der Waals surface area contributed by atoms with Crippen molar-refractivity contribution >= 4 is 33.7 Å². The summed E-state index contributed by atoms with van der Waals surface area (Å²) in [4.78, 5) is 7.24. The number of hydrogen-bond donors (Lipinski definition) is 1. The normalized spacial score (nSPS) is 11.7. The molecule has 176 valence electrons. The maximum atomic E-state index is 6.39. The highest BCUT2D eigenvalue weighted by atomic mass is 32.1. The molecule has 5 rings (SSSR count). The minimum absolute atomic E-state index is 0.503. The molecular formula is C29H28N4OS. The third-order valence-electron chi connectivity index (χ3n) is 6.00. The smallest absolute Gasteiger partial charge is 0.246 e. The molecule has 0 aliphatic rings. The molecule has 0 atom stereocenters. The van der Waals surface area contributed by atoms with Crippen molar-refractivity contribution in [2.45, 2.75) is 20.8 Å². The fraction of sp³-hybridized carbons (Fsp3) is 0.172. The van der Waals surface area contributed by atoms with Gasteiger partial charge in [0.1, 0.15) is 10.6 Å². The van der Waals surface area contributed by atoms with Crippen LogP contribution in [0.15, 0.2) is 93.8 Å². The van der Waals surface area contributed by atoms with E-state index in [1.165, 1.54) is 5.56 Å². The van der Waals surface area contributed by atoms with Gasteiger partial charge >= 0.3 is 0 Å². The number of nitrogens with zero attached hydrogens (tertiary/aromatic N) is 3. The van der Waals surface area contributed by atoms with Gasteiger partial charge in [-0.2, -0.15) is 0 Å². The zero-order valence-corrected chi connectivity index (χ0v) is 21.0. The van der Waals surface area contributed by atoms with Crippen molar-refractivity contribution < 1.29 is 4.42 Å². The number of rotatable bonds is 7. The van der Waals surface area contributed by atoms with Crippen molar-refractivity contribution in [3.05, 3.63) is 95.4 Å². The van der Waals surface area contributed by atoms with E-state index in [9.17, 15) is 0 Å². The first-order valence-corrected chi connectivity index (χ1v) is 12.7. The van der Waals surface area contributed by atoms with Gasteiger partial charge in [0.2, 0.25) is 5.55 Å². The minimum Gasteiger partial charge on any atom is -0.436 e. The molecule has 6 heteroatoms. The van der Waals surface area contributed by atoms with Gasteiger partial charge in [0.05, 0.1) is 16.9 Å². The molecule has 0 aliphatic heterocycles. The Morgan fingerprint density at radius 2 is 1.71 bits per heavy atom. The third kappa shape index (κ3) is 4.98. The van der Waals surface area contributed by atoms with Gasteiger partial charge in [0.15, 0.2) is 0 Å². The Labute approximate surface area is 209 Å². The van der Waals surface area contributed by atoms with Crippen LogP contribution in [0.3, 0.4) is 0 Å². The van der Waals surface area contributed by atoms with Crippen LogP contribution >= 0.6 is 11.3 Å². The summed E-state index contributed by atoms with van der Waals surface area (Å²) >= 11 is 1.59. The maximum absolute atomic E-state index is 6.39. The molecule has 35 heavy (non-hydrogen) atoms. The predicted molar refractivity (Wildman–Crippen MR) is 147 cm³/mol. The first-order valence-electron chi connectivity index (χ1n) is 11.8. The number of aryl methyl sites for hydroxylation is 1. The number of para-hydroxylation sites is 1. The summed E-state index contributed by atoms with van der Waals surface area (Å²) in [5, 5.41) is 8.62. The molecular weight excluding hydrogens is 452 g/mol. The summed E-state index contributed by atoms with van der Waals surface area (Å²) in [5.41, 5.74) is 10.6. The lowest BCUT2D eigenvalue weighted by Gasteiger charge is -2.21. The van der Waals surface area contributed by atoms with Crippen LogP contribution in [-0.2, 0) is 0 Å². The van der Waals surface area contributed by atoms with Gasteiger partial charge in [0.25, 0.3) is 0 Å². The molecule has 0 saturated heterocycles. The number of nitrogens with one attached hydrogen (secondary N) is 1. The molecule has 0 fully saturated rings. The lowest BCUT2D eigenvalue weighted by atomic mass is 10.1. The Bertz CT molecular complexity index is 1500. The molecule has 0 aliphatic carbocycles. The fourth-order valence-electron chi connectivity index (χ4n) is 4.01. The molecule has 5 aromatic rings. The van der Waals surface area contributed by atoms with E-state index in [0.717, 1.165) is 57.3 Å². The maximum Gasteiger partial charge on any atom is 0.246 e. The zero-order chi connectivity index (χ0) is 24.2. The molecule has 3 aromatic carbocycles. The van der Waals surface area contributed by atoms with Crippen molar-refractivity contribution in [2.75, 3.05) is 23.4 Å². The molecule has 2 heterocycles. The molecule has 0 spiro atoms. The molecule has 2 aromatic heterocycles. The summed E-state index contributed by atoms with van der Waals surface area (Å²) in [6, 6.07) is 26.8. The summed E-state index contributed by atoms with van der Waals surface area (Å²) in [7, 11) is 0. The van der Waals surface area contributed by atoms with Crippen molar-refractivity contribution in [2.24, 2.45) is 5.10 Å². The highest BCUT2D eigenvalue weighted by Crippen LogP contribution is 2.30. The highest BCUT2D eigenvalue weighted by molar-refractivity contribution is 7.13. The van der Waals surface area contributed by atoms with Gasteiger partial charge < -0.3 is 9.32 Å². The second-order valence-electron chi connectivity index (χ2n) is 8.35. The average molecular weight is 481 g/mol. The molecule has 0 bridgehead atoms. The van der Waals surface area contributed by atoms with E-state index in [4.69, 9.17) is 9.40 Å². The van der Waals surface area contributed by atoms with Crippen LogP contribution in [-0.4, -0.2) is 18.1 Å². The summed E-state index contributed by atoms with van der Waals surface area (Å²) in [6.45, 7) is 8.28. The average Bonchev–Trinajstić information content (AvgIpc) is 3.39. The fourth-order valence-corrected chi connectivity index (χ4v) is 4.85. The van der Waals surface area contributed by atoms with Crippen LogP contribution in [0.2, 0.25) is 0 Å². The first kappa shape index (κ1) is 22.9. The SMILES string of the molecule is CCN(CC)c1ccc2cc(-c3nc(-c4ccc(C)cc4)cs3)/c(=N\Nc3ccccc3)oc2c1. The van der Waals surface area contributed by atoms with E-state index in [2.05, 4.69) is 90.1 Å². The van der Waals surface area contributed by atoms with Crippen molar-refractivity contribution in [1.29, 1.82) is 0 Å². The Morgan fingerprint density at radius 1 is 0.943 bits per heavy atom. The molecule has 0 amide bonds. The molecule has 0 saturated carbocycles. The van der Waals surface area contributed by atoms with Gasteiger partial charge in [-0.1, -0.05) is 48.0 Å². The first-order chi connectivity index (χ1) is 17.1. The van der Waals surface area contributed by atoms with Crippen molar-refractivity contribution in [3.8, 4) is 21.8 Å². The molecule has 0 radical (unpaired) electrons. The lowest BCUT2D eigenvalue weighted by Crippen LogP contribution is -2.21. The van der Waals surface area contributed by atoms with E-state index < -0.39 is 0 Å². The lowest BCUT2D eigenvalue weighted by molar-refractivity contribution is 0.543. The summed E-state index contributed by atoms with van der Waals surface area (Å²) in [5.74, 6) is 0. The van der Waals surface area contributed by atoms with Crippen LogP contribution in [0.5, 0.6) is 0 Å². The molecule has 5 nitrogen and oxygen atoms in total. The molecule has 1 N–H and O–H groups in total. The summed E-state index contributed by atoms with van der Waals surface area (Å²) in [6.07, 6.45) is 0. The zero-order valence-electron chi connectivity index (χ0n) is 20.2. The van der Waals surface area contributed by atoms with Crippen molar-refractivity contribution in [1.82, 2.24) is 4.98 Å². The second-order valence-corrected chi connectivity index (χ2v) is 9.21. The van der Waals surface area contributed by atoms with Crippen LogP contribution in [0.25, 0.3) is 32.8 Å². The van der Waals surface area contributed by atoms with Gasteiger partial charge in [-0.25, -0.2) is 4.98 Å². The highest BCUT2D eigenvalue weighted by Gasteiger charge is 2.13. The van der Waals surface area contributed by atoms with Gasteiger partial charge in [-0.15, -0.1) is 16.4 Å². The van der Waals surface area contributed by atoms with Gasteiger partial charge in [0, 0.05) is 41.2 Å². The number of benzene rings is 3. The summed E-state index contributed by atoms with van der Waals surface area (Å²) < 4.78 is 6.39. The Kier molecular flexibility index (Phi) is 6.64. The standard InChI is InChI=1S/C29H28N4OS/c1-4-33(5-2)24-16-15-22-17-25(29-30-26(19-35-29)21-13-11-20(3)12-14-21)28(34-27(22)18-24)32-31-23-9-7-6-8-10-23/h6-19,31H,4-5H2,1-3H3/b32-28+. The van der Waals surface area contributed by atoms with Gasteiger partial charge in [-0.05, 0) is 51.1 Å². The topological polar surface area (TPSA) is 53.7 Å². The number of hydrogen-bond acceptors (Lipinski definition) is 6. The van der Waals surface area contributed by atoms with Crippen LogP contribution in [0, 0.1) is 6.92 Å². The predicted octanol–water partition coefficient (Wildman–Crippen LogP) is 7.31. The van der Waals surface area contributed by atoms with E-state index in [1.807, 2.05) is 30.3 Å². The number of thiazole rings is 1. The monoisotopic (exact) mass is 480 g/mol. The Morgan fingerprint density at radius 3 is 2.46 bits per heavy atom. The van der Waals surface area contributed by atoms with Crippen LogP contribution in [0.1, 0.15) is 19.4 Å². The largest absolute Gasteiger partial charge is 0.436 e. The Balaban J connectivity index is 1.62. The van der Waals surface area contributed by atoms with Crippen LogP contribution < -0.4 is 15.9 Å². The minimum atomic E-state index is 0.503. The Hall–Kier alpha value is -3.90. The molecule has 0 unspecified atom stereocenters. The second kappa shape index (κ2) is 10.2. The van der Waals surface area contributed by atoms with E-state index in [-0.39, 0.29) is 0 Å². The number of anilines is 2. The number of aromatic nitrogens is 1. The third-order valence-corrected chi connectivity index (χ3v) is 6.88. The van der Waals surface area contributed by atoms with Gasteiger partial charge in [-0.3, -0.25) is 5.43 Å².